The molecule has 0 aliphatic carbocycles. The smallest absolute Gasteiger partial charge is 0.292 e. The van der Waals surface area contributed by atoms with Crippen molar-refractivity contribution >= 4 is 11.8 Å². The molecule has 2 fully saturated rings. The molecule has 102 valence electrons. The number of amides is 2. The van der Waals surface area contributed by atoms with Gasteiger partial charge in [-0.15, -0.1) is 0 Å². The molecule has 3 rings (SSSR count). The number of nitrogens with one attached hydrogen (secondary N) is 1. The molecule has 19 heavy (non-hydrogen) atoms. The van der Waals surface area contributed by atoms with Crippen LogP contribution in [0.3, 0.4) is 0 Å². The fourth-order valence-corrected chi connectivity index (χ4v) is 2.50. The summed E-state index contributed by atoms with van der Waals surface area (Å²) >= 11 is 0. The summed E-state index contributed by atoms with van der Waals surface area (Å²) in [7, 11) is 0. The summed E-state index contributed by atoms with van der Waals surface area (Å²) < 4.78 is 10.4. The molecule has 0 aromatic carbocycles. The summed E-state index contributed by atoms with van der Waals surface area (Å²) in [5, 5.41) is 6.56. The number of aryl methyl sites for hydroxylation is 1. The minimum absolute atomic E-state index is 0.00166. The van der Waals surface area contributed by atoms with Crippen LogP contribution in [-0.4, -0.2) is 53.7 Å². The van der Waals surface area contributed by atoms with Crippen LogP contribution >= 0.6 is 0 Å². The first-order chi connectivity index (χ1) is 9.13. The Balaban J connectivity index is 1.70. The molecule has 7 heteroatoms. The van der Waals surface area contributed by atoms with Crippen molar-refractivity contribution in [3.05, 3.63) is 17.5 Å². The third-order valence-corrected chi connectivity index (χ3v) is 3.45. The van der Waals surface area contributed by atoms with Crippen molar-refractivity contribution in [2.75, 3.05) is 19.7 Å². The summed E-state index contributed by atoms with van der Waals surface area (Å²) in [5.74, 6) is -0.0936. The number of hydrogen-bond acceptors (Lipinski definition) is 5. The normalized spacial score (nSPS) is 26.8. The fraction of sp³-hybridized carbons (Fsp3) is 0.583. The minimum Gasteiger partial charge on any atom is -0.366 e. The number of piperidine rings is 1. The number of fused-ring (bicyclic) bond motifs is 1. The van der Waals surface area contributed by atoms with Crippen LogP contribution < -0.4 is 5.32 Å². The Hall–Kier alpha value is -1.89. The Morgan fingerprint density at radius 1 is 1.58 bits per heavy atom. The Morgan fingerprint density at radius 3 is 3.16 bits per heavy atom. The van der Waals surface area contributed by atoms with E-state index in [-0.39, 0.29) is 36.3 Å². The highest BCUT2D eigenvalue weighted by atomic mass is 16.5. The molecule has 2 saturated heterocycles. The SMILES string of the molecule is Cc1cc(C(=O)N2CC[C@@H]3OCC(=O)N[C@H]3C2)on1. The highest BCUT2D eigenvalue weighted by Gasteiger charge is 2.37. The summed E-state index contributed by atoms with van der Waals surface area (Å²) in [5.41, 5.74) is 0.674. The third-order valence-electron chi connectivity index (χ3n) is 3.45. The second-order valence-electron chi connectivity index (χ2n) is 4.90. The summed E-state index contributed by atoms with van der Waals surface area (Å²) in [4.78, 5) is 25.2. The quantitative estimate of drug-likeness (QED) is 0.754. The van der Waals surface area contributed by atoms with E-state index in [0.717, 1.165) is 0 Å². The maximum atomic E-state index is 12.2. The molecule has 0 spiro atoms. The van der Waals surface area contributed by atoms with Crippen LogP contribution in [0, 0.1) is 6.92 Å². The number of aromatic nitrogens is 1. The van der Waals surface area contributed by atoms with Crippen molar-refractivity contribution in [3.63, 3.8) is 0 Å². The number of rotatable bonds is 1. The number of carbonyl (C=O) groups excluding carboxylic acids is 2. The van der Waals surface area contributed by atoms with Crippen LogP contribution in [-0.2, 0) is 9.53 Å². The van der Waals surface area contributed by atoms with E-state index in [0.29, 0.717) is 25.2 Å². The molecular weight excluding hydrogens is 250 g/mol. The molecule has 1 N–H and O–H groups in total. The van der Waals surface area contributed by atoms with Crippen molar-refractivity contribution in [1.82, 2.24) is 15.4 Å². The van der Waals surface area contributed by atoms with E-state index in [1.165, 1.54) is 0 Å². The van der Waals surface area contributed by atoms with Crippen molar-refractivity contribution < 1.29 is 18.8 Å². The lowest BCUT2D eigenvalue weighted by Crippen LogP contribution is -2.61. The first-order valence-corrected chi connectivity index (χ1v) is 6.27. The number of carbonyl (C=O) groups is 2. The zero-order valence-electron chi connectivity index (χ0n) is 10.6. The van der Waals surface area contributed by atoms with Crippen LogP contribution in [0.2, 0.25) is 0 Å². The highest BCUT2D eigenvalue weighted by molar-refractivity contribution is 5.91. The third kappa shape index (κ3) is 2.33. The lowest BCUT2D eigenvalue weighted by molar-refractivity contribution is -0.139. The molecule has 2 aliphatic rings. The average Bonchev–Trinajstić information content (AvgIpc) is 2.83. The lowest BCUT2D eigenvalue weighted by Gasteiger charge is -2.40. The van der Waals surface area contributed by atoms with E-state index in [2.05, 4.69) is 10.5 Å². The van der Waals surface area contributed by atoms with Crippen molar-refractivity contribution in [2.45, 2.75) is 25.5 Å². The van der Waals surface area contributed by atoms with E-state index in [1.54, 1.807) is 17.9 Å². The van der Waals surface area contributed by atoms with Crippen LogP contribution in [0.4, 0.5) is 0 Å². The Kier molecular flexibility index (Phi) is 2.98. The van der Waals surface area contributed by atoms with Gasteiger partial charge in [0.1, 0.15) is 6.61 Å². The van der Waals surface area contributed by atoms with Gasteiger partial charge in [-0.05, 0) is 13.3 Å². The van der Waals surface area contributed by atoms with Gasteiger partial charge in [-0.25, -0.2) is 0 Å². The molecule has 0 saturated carbocycles. The van der Waals surface area contributed by atoms with E-state index >= 15 is 0 Å². The molecule has 2 aliphatic heterocycles. The number of morpholine rings is 1. The molecule has 0 bridgehead atoms. The summed E-state index contributed by atoms with van der Waals surface area (Å²) in [6.45, 7) is 2.91. The van der Waals surface area contributed by atoms with E-state index < -0.39 is 0 Å². The number of hydrogen-bond donors (Lipinski definition) is 1. The first-order valence-electron chi connectivity index (χ1n) is 6.27. The van der Waals surface area contributed by atoms with Gasteiger partial charge in [0, 0.05) is 19.2 Å². The predicted octanol–water partition coefficient (Wildman–Crippen LogP) is -0.287. The molecule has 0 radical (unpaired) electrons. The average molecular weight is 265 g/mol. The fourth-order valence-electron chi connectivity index (χ4n) is 2.50. The van der Waals surface area contributed by atoms with Crippen molar-refractivity contribution in [1.29, 1.82) is 0 Å². The number of likely N-dealkylation sites (tertiary alicyclic amines) is 1. The largest absolute Gasteiger partial charge is 0.366 e. The second kappa shape index (κ2) is 4.65. The predicted molar refractivity (Wildman–Crippen MR) is 63.4 cm³/mol. The molecule has 3 heterocycles. The Morgan fingerprint density at radius 2 is 2.42 bits per heavy atom. The van der Waals surface area contributed by atoms with E-state index in [9.17, 15) is 9.59 Å². The van der Waals surface area contributed by atoms with Crippen LogP contribution in [0.5, 0.6) is 0 Å². The van der Waals surface area contributed by atoms with E-state index in [4.69, 9.17) is 9.26 Å². The van der Waals surface area contributed by atoms with E-state index in [1.807, 2.05) is 0 Å². The standard InChI is InChI=1S/C12H15N3O4/c1-7-4-10(19-14-7)12(17)15-3-2-9-8(5-15)13-11(16)6-18-9/h4,8-9H,2-3,5-6H2,1H3,(H,13,16)/t8-,9-/m0/s1. The van der Waals surface area contributed by atoms with Crippen molar-refractivity contribution in [2.24, 2.45) is 0 Å². The zero-order chi connectivity index (χ0) is 13.4. The Bertz CT molecular complexity index is 513. The minimum atomic E-state index is -0.195. The van der Waals surface area contributed by atoms with Crippen LogP contribution in [0.15, 0.2) is 10.6 Å². The Labute approximate surface area is 109 Å². The molecule has 0 unspecified atom stereocenters. The molecule has 1 aromatic rings. The maximum Gasteiger partial charge on any atom is 0.292 e. The molecule has 2 amide bonds. The van der Waals surface area contributed by atoms with Gasteiger partial charge in [0.2, 0.25) is 11.7 Å². The van der Waals surface area contributed by atoms with Gasteiger partial charge >= 0.3 is 0 Å². The van der Waals surface area contributed by atoms with Gasteiger partial charge in [0.25, 0.3) is 5.91 Å². The number of ether oxygens (including phenoxy) is 1. The van der Waals surface area contributed by atoms with Gasteiger partial charge in [-0.1, -0.05) is 5.16 Å². The maximum absolute atomic E-state index is 12.2. The molecule has 2 atom stereocenters. The zero-order valence-corrected chi connectivity index (χ0v) is 10.6. The van der Waals surface area contributed by atoms with Crippen LogP contribution in [0.1, 0.15) is 22.7 Å². The first kappa shape index (κ1) is 12.2. The lowest BCUT2D eigenvalue weighted by atomic mass is 10.0. The van der Waals surface area contributed by atoms with Crippen molar-refractivity contribution in [3.8, 4) is 0 Å². The molecule has 7 nitrogen and oxygen atoms in total. The second-order valence-corrected chi connectivity index (χ2v) is 4.90. The van der Waals surface area contributed by atoms with Gasteiger partial charge in [0.15, 0.2) is 0 Å². The van der Waals surface area contributed by atoms with Gasteiger partial charge in [-0.2, -0.15) is 0 Å². The number of nitrogens with zero attached hydrogens (tertiary/aromatic N) is 2. The molecular formula is C12H15N3O4. The summed E-state index contributed by atoms with van der Waals surface area (Å²) in [6.07, 6.45) is 0.710. The summed E-state index contributed by atoms with van der Waals surface area (Å²) in [6, 6.07) is 1.48. The van der Waals surface area contributed by atoms with Gasteiger partial charge in [-0.3, -0.25) is 9.59 Å². The van der Waals surface area contributed by atoms with Gasteiger partial charge in [0.05, 0.1) is 17.8 Å². The topological polar surface area (TPSA) is 84.7 Å². The van der Waals surface area contributed by atoms with Crippen LogP contribution in [0.25, 0.3) is 0 Å². The highest BCUT2D eigenvalue weighted by Crippen LogP contribution is 2.19. The van der Waals surface area contributed by atoms with Gasteiger partial charge < -0.3 is 19.5 Å². The molecule has 1 aromatic heterocycles. The monoisotopic (exact) mass is 265 g/mol.